The quantitative estimate of drug-likeness (QED) is 0.178. The normalized spacial score (nSPS) is 14.1. The highest BCUT2D eigenvalue weighted by Gasteiger charge is 2.58. The van der Waals surface area contributed by atoms with E-state index in [0.29, 0.717) is 17.5 Å². The second-order valence-corrected chi connectivity index (χ2v) is 16.6. The second-order valence-electron chi connectivity index (χ2n) is 16.6. The summed E-state index contributed by atoms with van der Waals surface area (Å²) in [7, 11) is 0. The van der Waals surface area contributed by atoms with E-state index < -0.39 is 10.8 Å². The predicted octanol–water partition coefficient (Wildman–Crippen LogP) is 13.6. The Morgan fingerprint density at radius 2 is 0.548 bits per heavy atom. The Hall–Kier alpha value is -8.01. The van der Waals surface area contributed by atoms with Gasteiger partial charge in [0.25, 0.3) is 0 Å². The van der Waals surface area contributed by atoms with Crippen LogP contribution in [0.1, 0.15) is 44.5 Å². The molecule has 0 saturated carbocycles. The van der Waals surface area contributed by atoms with Crippen LogP contribution in [0.2, 0.25) is 0 Å². The first-order valence-electron chi connectivity index (χ1n) is 21.4. The first kappa shape index (κ1) is 34.8. The summed E-state index contributed by atoms with van der Waals surface area (Å²) in [6, 6.07) is 81.7. The lowest BCUT2D eigenvalue weighted by Crippen LogP contribution is -2.43. The Morgan fingerprint density at radius 1 is 0.210 bits per heavy atom. The molecule has 0 unspecified atom stereocenters. The second kappa shape index (κ2) is 13.2. The van der Waals surface area contributed by atoms with E-state index in [1.54, 1.807) is 0 Å². The third-order valence-corrected chi connectivity index (χ3v) is 13.6. The lowest BCUT2D eigenvalue weighted by Gasteiger charge is -2.48. The highest BCUT2D eigenvalue weighted by molar-refractivity contribution is 5.94. The van der Waals surface area contributed by atoms with Gasteiger partial charge < -0.3 is 0 Å². The molecule has 9 aromatic carbocycles. The molecule has 0 saturated heterocycles. The highest BCUT2D eigenvalue weighted by Crippen LogP contribution is 2.67. The monoisotopic (exact) mass is 787 g/mol. The van der Waals surface area contributed by atoms with E-state index in [0.717, 1.165) is 27.8 Å². The van der Waals surface area contributed by atoms with Gasteiger partial charge in [-0.3, -0.25) is 0 Å². The van der Waals surface area contributed by atoms with Crippen molar-refractivity contribution in [3.8, 4) is 67.5 Å². The average molecular weight is 788 g/mol. The van der Waals surface area contributed by atoms with Crippen LogP contribution in [-0.4, -0.2) is 15.0 Å². The summed E-state index contributed by atoms with van der Waals surface area (Å²) < 4.78 is 0. The molecule has 0 N–H and O–H groups in total. The van der Waals surface area contributed by atoms with Gasteiger partial charge in [-0.15, -0.1) is 0 Å². The topological polar surface area (TPSA) is 38.7 Å². The molecule has 3 nitrogen and oxygen atoms in total. The van der Waals surface area contributed by atoms with Crippen molar-refractivity contribution in [3.63, 3.8) is 0 Å². The highest BCUT2D eigenvalue weighted by atomic mass is 15.0. The maximum Gasteiger partial charge on any atom is 0.164 e. The summed E-state index contributed by atoms with van der Waals surface area (Å²) >= 11 is 0. The van der Waals surface area contributed by atoms with Crippen LogP contribution in [0, 0.1) is 0 Å². The van der Waals surface area contributed by atoms with Crippen molar-refractivity contribution in [1.82, 2.24) is 15.0 Å². The number of benzene rings is 9. The molecule has 0 atom stereocenters. The summed E-state index contributed by atoms with van der Waals surface area (Å²) in [5.41, 5.74) is 19.6. The Labute approximate surface area is 360 Å². The molecule has 3 aliphatic rings. The van der Waals surface area contributed by atoms with Crippen LogP contribution in [0.15, 0.2) is 224 Å². The van der Waals surface area contributed by atoms with Crippen molar-refractivity contribution in [2.24, 2.45) is 0 Å². The van der Waals surface area contributed by atoms with Crippen molar-refractivity contribution < 1.29 is 0 Å². The molecule has 1 heterocycles. The van der Waals surface area contributed by atoms with E-state index in [1.165, 1.54) is 66.8 Å². The smallest absolute Gasteiger partial charge is 0.164 e. The molecule has 0 bridgehead atoms. The van der Waals surface area contributed by atoms with E-state index in [2.05, 4.69) is 200 Å². The summed E-state index contributed by atoms with van der Waals surface area (Å²) in [6.07, 6.45) is 0. The van der Waals surface area contributed by atoms with Gasteiger partial charge >= 0.3 is 0 Å². The fourth-order valence-corrected chi connectivity index (χ4v) is 11.2. The lowest BCUT2D eigenvalue weighted by molar-refractivity contribution is 0.633. The van der Waals surface area contributed by atoms with Gasteiger partial charge in [-0.05, 0) is 90.0 Å². The minimum absolute atomic E-state index is 0.476. The number of nitrogens with zero attached hydrogens (tertiary/aromatic N) is 3. The molecule has 10 aromatic rings. The van der Waals surface area contributed by atoms with Gasteiger partial charge in [0, 0.05) is 16.7 Å². The van der Waals surface area contributed by atoms with Gasteiger partial charge in [-0.2, -0.15) is 0 Å². The van der Waals surface area contributed by atoms with Gasteiger partial charge in [0.15, 0.2) is 17.5 Å². The fraction of sp³-hybridized carbons (Fsp3) is 0.0339. The van der Waals surface area contributed by atoms with Crippen molar-refractivity contribution in [3.05, 3.63) is 269 Å². The maximum absolute atomic E-state index is 5.26. The molecule has 0 aliphatic heterocycles. The Balaban J connectivity index is 1.05. The van der Waals surface area contributed by atoms with Gasteiger partial charge in [0.2, 0.25) is 0 Å². The molecule has 2 spiro atoms. The van der Waals surface area contributed by atoms with E-state index in [9.17, 15) is 0 Å². The largest absolute Gasteiger partial charge is 0.208 e. The maximum atomic E-state index is 5.26. The van der Waals surface area contributed by atoms with Gasteiger partial charge in [-0.25, -0.2) is 15.0 Å². The molecule has 62 heavy (non-hydrogen) atoms. The predicted molar refractivity (Wildman–Crippen MR) is 250 cm³/mol. The summed E-state index contributed by atoms with van der Waals surface area (Å²) in [6.45, 7) is 0. The van der Waals surface area contributed by atoms with Crippen LogP contribution in [-0.2, 0) is 10.8 Å². The molecule has 1 aromatic heterocycles. The van der Waals surface area contributed by atoms with Crippen LogP contribution in [0.3, 0.4) is 0 Å². The zero-order valence-electron chi connectivity index (χ0n) is 33.7. The molecule has 13 rings (SSSR count). The van der Waals surface area contributed by atoms with Gasteiger partial charge in [0.05, 0.1) is 10.8 Å². The van der Waals surface area contributed by atoms with Gasteiger partial charge in [0.1, 0.15) is 0 Å². The molecule has 3 aliphatic carbocycles. The summed E-state index contributed by atoms with van der Waals surface area (Å²) in [4.78, 5) is 15.6. The van der Waals surface area contributed by atoms with Crippen LogP contribution in [0.25, 0.3) is 67.5 Å². The zero-order valence-corrected chi connectivity index (χ0v) is 33.7. The summed E-state index contributed by atoms with van der Waals surface area (Å²) in [5.74, 6) is 1.93. The zero-order chi connectivity index (χ0) is 40.8. The Morgan fingerprint density at radius 3 is 1.05 bits per heavy atom. The van der Waals surface area contributed by atoms with Crippen molar-refractivity contribution in [2.45, 2.75) is 10.8 Å². The molecule has 0 amide bonds. The number of rotatable bonds is 4. The molecule has 288 valence electrons. The standard InChI is InChI=1S/C59H37N3/c1-3-18-38(19-4-1)40-22-17-23-41(36-40)56-60-55(39-20-5-2-6-21-39)61-57(62-56)42-34-35-50-46(37-42)45-26-9-12-29-49(45)59(50)53-32-15-13-30-51(53)58(52-31-14-16-33-54(52)59)47-27-10-7-24-43(47)44-25-8-11-28-48(44)58/h1-37H. The lowest BCUT2D eigenvalue weighted by atomic mass is 9.52. The van der Waals surface area contributed by atoms with E-state index >= 15 is 0 Å². The van der Waals surface area contributed by atoms with Crippen molar-refractivity contribution in [1.29, 1.82) is 0 Å². The van der Waals surface area contributed by atoms with Gasteiger partial charge in [-0.1, -0.05) is 212 Å². The fourth-order valence-electron chi connectivity index (χ4n) is 11.2. The molecular formula is C59H37N3. The average Bonchev–Trinajstić information content (AvgIpc) is 3.82. The van der Waals surface area contributed by atoms with E-state index in [-0.39, 0.29) is 0 Å². The van der Waals surface area contributed by atoms with Crippen LogP contribution < -0.4 is 0 Å². The van der Waals surface area contributed by atoms with Crippen LogP contribution in [0.4, 0.5) is 0 Å². The third kappa shape index (κ3) is 4.68. The SMILES string of the molecule is c1ccc(-c2cccc(-c3nc(-c4ccccc4)nc(-c4ccc5c(c4)-c4ccccc4C54c5ccccc5C5(c6ccccc6-c6ccccc65)c5ccccc54)n3)c2)cc1. The molecule has 3 heteroatoms. The molecule has 0 fully saturated rings. The van der Waals surface area contributed by atoms with Crippen molar-refractivity contribution >= 4 is 0 Å². The number of hydrogen-bond donors (Lipinski definition) is 0. The summed E-state index contributed by atoms with van der Waals surface area (Å²) in [5, 5.41) is 0. The minimum atomic E-state index is -0.563. The number of hydrogen-bond acceptors (Lipinski definition) is 3. The first-order chi connectivity index (χ1) is 30.7. The Kier molecular flexibility index (Phi) is 7.44. The number of fused-ring (bicyclic) bond motifs is 16. The van der Waals surface area contributed by atoms with E-state index in [1.807, 2.05) is 24.3 Å². The minimum Gasteiger partial charge on any atom is -0.208 e. The van der Waals surface area contributed by atoms with Crippen LogP contribution in [0.5, 0.6) is 0 Å². The van der Waals surface area contributed by atoms with Crippen molar-refractivity contribution in [2.75, 3.05) is 0 Å². The Bertz CT molecular complexity index is 3330. The van der Waals surface area contributed by atoms with E-state index in [4.69, 9.17) is 15.0 Å². The third-order valence-electron chi connectivity index (χ3n) is 13.6. The van der Waals surface area contributed by atoms with Crippen LogP contribution >= 0.6 is 0 Å². The molecular weight excluding hydrogens is 751 g/mol. The number of aromatic nitrogens is 3. The first-order valence-corrected chi connectivity index (χ1v) is 21.4. The molecule has 0 radical (unpaired) electrons.